The second kappa shape index (κ2) is 4.81. The number of pyridine rings is 1. The van der Waals surface area contributed by atoms with Crippen LogP contribution in [-0.2, 0) is 0 Å². The van der Waals surface area contributed by atoms with Crippen molar-refractivity contribution in [2.75, 3.05) is 13.6 Å². The maximum absolute atomic E-state index is 12.7. The van der Waals surface area contributed by atoms with Crippen LogP contribution in [0, 0.1) is 11.7 Å². The van der Waals surface area contributed by atoms with Gasteiger partial charge in [0.25, 0.3) is 0 Å². The predicted molar refractivity (Wildman–Crippen MR) is 51.6 cm³/mol. The van der Waals surface area contributed by atoms with Gasteiger partial charge in [-0.25, -0.2) is 4.39 Å². The largest absolute Gasteiger partial charge is 0.319 e. The van der Waals surface area contributed by atoms with Gasteiger partial charge in [0, 0.05) is 24.2 Å². The standard InChI is InChI=1S/C10H13FN2O/c1-7(4-12-2)10(14)8-3-9(11)6-13-5-8/h3,5-7,12H,4H2,1-2H3. The lowest BCUT2D eigenvalue weighted by atomic mass is 10.0. The van der Waals surface area contributed by atoms with Crippen molar-refractivity contribution < 1.29 is 9.18 Å². The van der Waals surface area contributed by atoms with Gasteiger partial charge in [0.05, 0.1) is 6.20 Å². The molecule has 4 heteroatoms. The molecule has 1 heterocycles. The smallest absolute Gasteiger partial charge is 0.168 e. The molecule has 76 valence electrons. The second-order valence-corrected chi connectivity index (χ2v) is 3.21. The first kappa shape index (κ1) is 10.8. The minimum Gasteiger partial charge on any atom is -0.319 e. The predicted octanol–water partition coefficient (Wildman–Crippen LogP) is 1.26. The molecule has 0 amide bonds. The summed E-state index contributed by atoms with van der Waals surface area (Å²) in [5.74, 6) is -0.734. The molecule has 0 saturated heterocycles. The van der Waals surface area contributed by atoms with E-state index >= 15 is 0 Å². The molecule has 0 aromatic carbocycles. The number of hydrogen-bond acceptors (Lipinski definition) is 3. The number of nitrogens with one attached hydrogen (secondary N) is 1. The molecule has 0 bridgehead atoms. The molecule has 14 heavy (non-hydrogen) atoms. The van der Waals surface area contributed by atoms with Crippen LogP contribution in [0.4, 0.5) is 4.39 Å². The third-order valence-electron chi connectivity index (χ3n) is 1.95. The summed E-state index contributed by atoms with van der Waals surface area (Å²) >= 11 is 0. The van der Waals surface area contributed by atoms with E-state index in [9.17, 15) is 9.18 Å². The number of aromatic nitrogens is 1. The van der Waals surface area contributed by atoms with Gasteiger partial charge in [-0.15, -0.1) is 0 Å². The second-order valence-electron chi connectivity index (χ2n) is 3.21. The molecule has 0 spiro atoms. The van der Waals surface area contributed by atoms with Crippen molar-refractivity contribution in [3.05, 3.63) is 29.8 Å². The Bertz CT molecular complexity index is 328. The topological polar surface area (TPSA) is 42.0 Å². The van der Waals surface area contributed by atoms with Gasteiger partial charge < -0.3 is 5.32 Å². The molecule has 0 aliphatic rings. The van der Waals surface area contributed by atoms with Crippen LogP contribution >= 0.6 is 0 Å². The van der Waals surface area contributed by atoms with Crippen molar-refractivity contribution in [1.82, 2.24) is 10.3 Å². The molecule has 1 rings (SSSR count). The normalized spacial score (nSPS) is 12.5. The van der Waals surface area contributed by atoms with E-state index < -0.39 is 5.82 Å². The van der Waals surface area contributed by atoms with Crippen molar-refractivity contribution >= 4 is 5.78 Å². The summed E-state index contributed by atoms with van der Waals surface area (Å²) in [5.41, 5.74) is 0.327. The van der Waals surface area contributed by atoms with E-state index in [1.807, 2.05) is 0 Å². The highest BCUT2D eigenvalue weighted by molar-refractivity contribution is 5.97. The average Bonchev–Trinajstić information content (AvgIpc) is 2.17. The van der Waals surface area contributed by atoms with Crippen LogP contribution in [0.2, 0.25) is 0 Å². The highest BCUT2D eigenvalue weighted by Gasteiger charge is 2.14. The summed E-state index contributed by atoms with van der Waals surface area (Å²) in [6.45, 7) is 2.37. The minimum absolute atomic E-state index is 0.0913. The van der Waals surface area contributed by atoms with Crippen LogP contribution in [0.3, 0.4) is 0 Å². The Balaban J connectivity index is 2.78. The van der Waals surface area contributed by atoms with Crippen molar-refractivity contribution in [3.8, 4) is 0 Å². The van der Waals surface area contributed by atoms with Crippen LogP contribution in [0.25, 0.3) is 0 Å². The van der Waals surface area contributed by atoms with Crippen molar-refractivity contribution in [1.29, 1.82) is 0 Å². The number of carbonyl (C=O) groups excluding carboxylic acids is 1. The molecule has 1 aromatic heterocycles. The number of carbonyl (C=O) groups is 1. The van der Waals surface area contributed by atoms with Gasteiger partial charge in [0.1, 0.15) is 5.82 Å². The number of halogens is 1. The van der Waals surface area contributed by atoms with Gasteiger partial charge in [0.15, 0.2) is 5.78 Å². The molecule has 0 aliphatic heterocycles. The minimum atomic E-state index is -0.479. The summed E-state index contributed by atoms with van der Waals surface area (Å²) in [5, 5.41) is 2.90. The average molecular weight is 196 g/mol. The molecular formula is C10H13FN2O. The van der Waals surface area contributed by atoms with Crippen molar-refractivity contribution in [2.24, 2.45) is 5.92 Å². The summed E-state index contributed by atoms with van der Waals surface area (Å²) in [6.07, 6.45) is 2.47. The zero-order valence-corrected chi connectivity index (χ0v) is 8.25. The zero-order valence-electron chi connectivity index (χ0n) is 8.25. The third kappa shape index (κ3) is 2.60. The molecule has 1 aromatic rings. The monoisotopic (exact) mass is 196 g/mol. The number of nitrogens with zero attached hydrogens (tertiary/aromatic N) is 1. The maximum Gasteiger partial charge on any atom is 0.168 e. The van der Waals surface area contributed by atoms with Gasteiger partial charge >= 0.3 is 0 Å². The molecule has 0 aliphatic carbocycles. The van der Waals surface area contributed by atoms with Crippen LogP contribution < -0.4 is 5.32 Å². The number of hydrogen-bond donors (Lipinski definition) is 1. The molecule has 0 saturated carbocycles. The zero-order chi connectivity index (χ0) is 10.6. The molecule has 1 N–H and O–H groups in total. The van der Waals surface area contributed by atoms with E-state index in [1.165, 1.54) is 12.3 Å². The SMILES string of the molecule is CNCC(C)C(=O)c1cncc(F)c1. The fourth-order valence-electron chi connectivity index (χ4n) is 1.23. The van der Waals surface area contributed by atoms with E-state index in [0.29, 0.717) is 12.1 Å². The van der Waals surface area contributed by atoms with Crippen LogP contribution in [0.15, 0.2) is 18.5 Å². The lowest BCUT2D eigenvalue weighted by Gasteiger charge is -2.08. The molecular weight excluding hydrogens is 183 g/mol. The first-order chi connectivity index (χ1) is 6.65. The van der Waals surface area contributed by atoms with Gasteiger partial charge in [-0.3, -0.25) is 9.78 Å². The van der Waals surface area contributed by atoms with E-state index in [1.54, 1.807) is 14.0 Å². The summed E-state index contributed by atoms with van der Waals surface area (Å²) in [7, 11) is 1.77. The van der Waals surface area contributed by atoms with Crippen molar-refractivity contribution in [2.45, 2.75) is 6.92 Å². The molecule has 1 atom stereocenters. The van der Waals surface area contributed by atoms with Gasteiger partial charge in [-0.1, -0.05) is 6.92 Å². The molecule has 3 nitrogen and oxygen atoms in total. The Hall–Kier alpha value is -1.29. The Morgan fingerprint density at radius 3 is 2.93 bits per heavy atom. The fraction of sp³-hybridized carbons (Fsp3) is 0.400. The number of rotatable bonds is 4. The van der Waals surface area contributed by atoms with Gasteiger partial charge in [0.2, 0.25) is 0 Å². The highest BCUT2D eigenvalue weighted by atomic mass is 19.1. The molecule has 0 fully saturated rings. The maximum atomic E-state index is 12.7. The quantitative estimate of drug-likeness (QED) is 0.737. The van der Waals surface area contributed by atoms with E-state index in [4.69, 9.17) is 0 Å². The Morgan fingerprint density at radius 1 is 1.64 bits per heavy atom. The van der Waals surface area contributed by atoms with Crippen LogP contribution in [-0.4, -0.2) is 24.4 Å². The lowest BCUT2D eigenvalue weighted by molar-refractivity contribution is 0.0929. The Morgan fingerprint density at radius 2 is 2.36 bits per heavy atom. The summed E-state index contributed by atoms with van der Waals surface area (Å²) in [4.78, 5) is 15.3. The third-order valence-corrected chi connectivity index (χ3v) is 1.95. The van der Waals surface area contributed by atoms with E-state index in [0.717, 1.165) is 6.20 Å². The van der Waals surface area contributed by atoms with Crippen molar-refractivity contribution in [3.63, 3.8) is 0 Å². The first-order valence-corrected chi connectivity index (χ1v) is 4.44. The first-order valence-electron chi connectivity index (χ1n) is 4.44. The van der Waals surface area contributed by atoms with E-state index in [-0.39, 0.29) is 11.7 Å². The molecule has 0 radical (unpaired) electrons. The Labute approximate surface area is 82.4 Å². The van der Waals surface area contributed by atoms with Crippen LogP contribution in [0.1, 0.15) is 17.3 Å². The van der Waals surface area contributed by atoms with Crippen LogP contribution in [0.5, 0.6) is 0 Å². The summed E-state index contributed by atoms with van der Waals surface area (Å²) < 4.78 is 12.7. The highest BCUT2D eigenvalue weighted by Crippen LogP contribution is 2.08. The molecule has 1 unspecified atom stereocenters. The number of ketones is 1. The fourth-order valence-corrected chi connectivity index (χ4v) is 1.23. The lowest BCUT2D eigenvalue weighted by Crippen LogP contribution is -2.23. The van der Waals surface area contributed by atoms with E-state index in [2.05, 4.69) is 10.3 Å². The summed E-state index contributed by atoms with van der Waals surface area (Å²) in [6, 6.07) is 1.21. The van der Waals surface area contributed by atoms with Gasteiger partial charge in [-0.05, 0) is 13.1 Å². The van der Waals surface area contributed by atoms with Gasteiger partial charge in [-0.2, -0.15) is 0 Å². The number of Topliss-reactive ketones (excluding diaryl/α,β-unsaturated/α-hetero) is 1. The Kier molecular flexibility index (Phi) is 3.71.